The van der Waals surface area contributed by atoms with E-state index < -0.39 is 4.92 Å². The Morgan fingerprint density at radius 3 is 2.86 bits per heavy atom. The summed E-state index contributed by atoms with van der Waals surface area (Å²) in [6.45, 7) is 0.364. The highest BCUT2D eigenvalue weighted by Crippen LogP contribution is 2.23. The van der Waals surface area contributed by atoms with Gasteiger partial charge in [0.25, 0.3) is 5.69 Å². The Hall–Kier alpha value is -2.25. The second-order valence-electron chi connectivity index (χ2n) is 4.26. The largest absolute Gasteiger partial charge is 0.322 e. The number of fused-ring (bicyclic) bond motifs is 1. The van der Waals surface area contributed by atoms with Gasteiger partial charge in [0.05, 0.1) is 11.3 Å². The first kappa shape index (κ1) is 13.7. The van der Waals surface area contributed by atoms with Crippen molar-refractivity contribution in [1.82, 2.24) is 19.5 Å². The van der Waals surface area contributed by atoms with Crippen LogP contribution in [0.2, 0.25) is 10.4 Å². The van der Waals surface area contributed by atoms with Crippen molar-refractivity contribution in [3.8, 4) is 0 Å². The molecule has 0 atom stereocenters. The SMILES string of the molecule is O=[N+]([O-])c1cccc(Cn2cnc3nc(Cl)nc(Cl)c32)c1. The van der Waals surface area contributed by atoms with Gasteiger partial charge in [0.15, 0.2) is 10.8 Å². The normalized spacial score (nSPS) is 11.0. The van der Waals surface area contributed by atoms with Gasteiger partial charge in [0.1, 0.15) is 5.52 Å². The summed E-state index contributed by atoms with van der Waals surface area (Å²) in [7, 11) is 0. The number of nitrogens with zero attached hydrogens (tertiary/aromatic N) is 5. The Morgan fingerprint density at radius 1 is 1.29 bits per heavy atom. The van der Waals surface area contributed by atoms with Crippen LogP contribution in [0.5, 0.6) is 0 Å². The fourth-order valence-electron chi connectivity index (χ4n) is 2.00. The molecule has 0 aliphatic heterocycles. The number of rotatable bonds is 3. The standard InChI is InChI=1S/C12H7Cl2N5O2/c13-10-9-11(17-12(14)16-10)15-6-18(9)5-7-2-1-3-8(4-7)19(20)21/h1-4,6H,5H2. The third kappa shape index (κ3) is 2.65. The maximum absolute atomic E-state index is 10.8. The molecule has 7 nitrogen and oxygen atoms in total. The maximum Gasteiger partial charge on any atom is 0.269 e. The van der Waals surface area contributed by atoms with Gasteiger partial charge in [-0.2, -0.15) is 4.98 Å². The van der Waals surface area contributed by atoms with Crippen LogP contribution in [0.25, 0.3) is 11.2 Å². The van der Waals surface area contributed by atoms with E-state index >= 15 is 0 Å². The summed E-state index contributed by atoms with van der Waals surface area (Å²) >= 11 is 11.8. The minimum absolute atomic E-state index is 0.0214. The fraction of sp³-hybridized carbons (Fsp3) is 0.0833. The topological polar surface area (TPSA) is 86.7 Å². The van der Waals surface area contributed by atoms with Crippen molar-refractivity contribution >= 4 is 40.1 Å². The molecule has 0 amide bonds. The van der Waals surface area contributed by atoms with Crippen molar-refractivity contribution in [1.29, 1.82) is 0 Å². The van der Waals surface area contributed by atoms with Crippen LogP contribution in [0.1, 0.15) is 5.56 Å². The van der Waals surface area contributed by atoms with Crippen LogP contribution in [-0.4, -0.2) is 24.4 Å². The second kappa shape index (κ2) is 5.27. The zero-order chi connectivity index (χ0) is 15.0. The first-order valence-electron chi connectivity index (χ1n) is 5.82. The third-order valence-corrected chi connectivity index (χ3v) is 3.31. The lowest BCUT2D eigenvalue weighted by Crippen LogP contribution is -2.00. The van der Waals surface area contributed by atoms with Gasteiger partial charge in [0.2, 0.25) is 5.28 Å². The lowest BCUT2D eigenvalue weighted by molar-refractivity contribution is -0.384. The molecule has 0 aliphatic rings. The molecule has 0 bridgehead atoms. The molecule has 2 aromatic heterocycles. The van der Waals surface area contributed by atoms with Gasteiger partial charge in [-0.05, 0) is 17.2 Å². The number of non-ortho nitro benzene ring substituents is 1. The molecular formula is C12H7Cl2N5O2. The number of halogens is 2. The van der Waals surface area contributed by atoms with Crippen LogP contribution in [-0.2, 0) is 6.54 Å². The van der Waals surface area contributed by atoms with E-state index in [4.69, 9.17) is 23.2 Å². The smallest absolute Gasteiger partial charge is 0.269 e. The summed E-state index contributed by atoms with van der Waals surface area (Å²) in [6.07, 6.45) is 1.54. The molecule has 0 saturated heterocycles. The molecule has 9 heteroatoms. The predicted molar refractivity (Wildman–Crippen MR) is 77.5 cm³/mol. The quantitative estimate of drug-likeness (QED) is 0.320. The minimum Gasteiger partial charge on any atom is -0.322 e. The van der Waals surface area contributed by atoms with Crippen LogP contribution < -0.4 is 0 Å². The molecule has 21 heavy (non-hydrogen) atoms. The van der Waals surface area contributed by atoms with Crippen LogP contribution >= 0.6 is 23.2 Å². The van der Waals surface area contributed by atoms with Crippen LogP contribution in [0, 0.1) is 10.1 Å². The monoisotopic (exact) mass is 323 g/mol. The number of imidazole rings is 1. The number of nitro benzene ring substituents is 1. The van der Waals surface area contributed by atoms with E-state index in [1.165, 1.54) is 12.1 Å². The molecule has 106 valence electrons. The highest BCUT2D eigenvalue weighted by atomic mass is 35.5. The molecule has 0 spiro atoms. The Kier molecular flexibility index (Phi) is 3.44. The van der Waals surface area contributed by atoms with Crippen LogP contribution in [0.15, 0.2) is 30.6 Å². The van der Waals surface area contributed by atoms with Crippen molar-refractivity contribution < 1.29 is 4.92 Å². The summed E-state index contributed by atoms with van der Waals surface area (Å²) in [5, 5.41) is 11.0. The number of nitro groups is 1. The van der Waals surface area contributed by atoms with E-state index in [0.29, 0.717) is 17.7 Å². The summed E-state index contributed by atoms with van der Waals surface area (Å²) < 4.78 is 1.72. The minimum atomic E-state index is -0.439. The molecule has 0 radical (unpaired) electrons. The van der Waals surface area contributed by atoms with Gasteiger partial charge in [-0.1, -0.05) is 23.7 Å². The van der Waals surface area contributed by atoms with E-state index in [2.05, 4.69) is 15.0 Å². The Balaban J connectivity index is 2.02. The Morgan fingerprint density at radius 2 is 2.10 bits per heavy atom. The van der Waals surface area contributed by atoms with Gasteiger partial charge in [0, 0.05) is 18.7 Å². The van der Waals surface area contributed by atoms with Crippen molar-refractivity contribution in [3.63, 3.8) is 0 Å². The van der Waals surface area contributed by atoms with E-state index in [0.717, 1.165) is 5.56 Å². The van der Waals surface area contributed by atoms with Crippen LogP contribution in [0.4, 0.5) is 5.69 Å². The van der Waals surface area contributed by atoms with Gasteiger partial charge in [-0.15, -0.1) is 0 Å². The molecule has 3 rings (SSSR count). The summed E-state index contributed by atoms with van der Waals surface area (Å²) in [6, 6.07) is 6.34. The molecule has 0 aliphatic carbocycles. The molecule has 0 saturated carbocycles. The van der Waals surface area contributed by atoms with Gasteiger partial charge < -0.3 is 4.57 Å². The van der Waals surface area contributed by atoms with Crippen molar-refractivity contribution in [2.24, 2.45) is 0 Å². The van der Waals surface area contributed by atoms with Crippen molar-refractivity contribution in [3.05, 3.63) is 56.7 Å². The highest BCUT2D eigenvalue weighted by Gasteiger charge is 2.12. The predicted octanol–water partition coefficient (Wildman–Crippen LogP) is 3.09. The third-order valence-electron chi connectivity index (χ3n) is 2.88. The lowest BCUT2D eigenvalue weighted by Gasteiger charge is -2.05. The van der Waals surface area contributed by atoms with Gasteiger partial charge in [-0.3, -0.25) is 10.1 Å². The van der Waals surface area contributed by atoms with Crippen molar-refractivity contribution in [2.75, 3.05) is 0 Å². The summed E-state index contributed by atoms with van der Waals surface area (Å²) in [5.41, 5.74) is 1.69. The number of benzene rings is 1. The molecule has 1 aromatic carbocycles. The van der Waals surface area contributed by atoms with E-state index in [1.54, 1.807) is 23.0 Å². The number of aromatic nitrogens is 4. The average molecular weight is 324 g/mol. The summed E-state index contributed by atoms with van der Waals surface area (Å²) in [4.78, 5) is 22.3. The Labute approximate surface area is 128 Å². The zero-order valence-corrected chi connectivity index (χ0v) is 11.9. The van der Waals surface area contributed by atoms with Crippen LogP contribution in [0.3, 0.4) is 0 Å². The first-order valence-corrected chi connectivity index (χ1v) is 6.57. The second-order valence-corrected chi connectivity index (χ2v) is 4.95. The number of hydrogen-bond acceptors (Lipinski definition) is 5. The molecular weight excluding hydrogens is 317 g/mol. The van der Waals surface area contributed by atoms with E-state index in [-0.39, 0.29) is 16.1 Å². The molecule has 0 N–H and O–H groups in total. The number of hydrogen-bond donors (Lipinski definition) is 0. The summed E-state index contributed by atoms with van der Waals surface area (Å²) in [5.74, 6) is 0. The first-order chi connectivity index (χ1) is 10.0. The molecule has 2 heterocycles. The Bertz CT molecular complexity index is 849. The average Bonchev–Trinajstić information content (AvgIpc) is 2.82. The molecule has 3 aromatic rings. The molecule has 0 fully saturated rings. The fourth-order valence-corrected chi connectivity index (χ4v) is 2.48. The lowest BCUT2D eigenvalue weighted by atomic mass is 10.2. The maximum atomic E-state index is 10.8. The van der Waals surface area contributed by atoms with E-state index in [9.17, 15) is 10.1 Å². The van der Waals surface area contributed by atoms with Gasteiger partial charge >= 0.3 is 0 Å². The van der Waals surface area contributed by atoms with Crippen molar-refractivity contribution in [2.45, 2.75) is 6.54 Å². The highest BCUT2D eigenvalue weighted by molar-refractivity contribution is 6.35. The van der Waals surface area contributed by atoms with E-state index in [1.807, 2.05) is 0 Å². The van der Waals surface area contributed by atoms with Gasteiger partial charge in [-0.25, -0.2) is 9.97 Å². The molecule has 0 unspecified atom stereocenters. The zero-order valence-electron chi connectivity index (χ0n) is 10.4.